The molecule has 1 aliphatic heterocycles. The normalized spacial score (nSPS) is 18.3. The molecule has 0 spiro atoms. The van der Waals surface area contributed by atoms with E-state index in [0.29, 0.717) is 24.4 Å². The first-order chi connectivity index (χ1) is 14.6. The van der Waals surface area contributed by atoms with Gasteiger partial charge in [-0.1, -0.05) is 28.9 Å². The lowest BCUT2D eigenvalue weighted by atomic mass is 10.00. The summed E-state index contributed by atoms with van der Waals surface area (Å²) in [6.07, 6.45) is -3.28. The summed E-state index contributed by atoms with van der Waals surface area (Å²) in [4.78, 5) is 4.38. The highest BCUT2D eigenvalue weighted by atomic mass is 35.5. The van der Waals surface area contributed by atoms with E-state index in [9.17, 15) is 21.6 Å². The minimum atomic E-state index is -4.48. The zero-order valence-electron chi connectivity index (χ0n) is 16.0. The van der Waals surface area contributed by atoms with Crippen molar-refractivity contribution < 1.29 is 26.1 Å². The number of hydrogen-bond donors (Lipinski definition) is 0. The first kappa shape index (κ1) is 21.8. The summed E-state index contributed by atoms with van der Waals surface area (Å²) in [5.74, 6) is -0.134. The van der Waals surface area contributed by atoms with Crippen LogP contribution in [0.1, 0.15) is 30.2 Å². The highest BCUT2D eigenvalue weighted by Crippen LogP contribution is 2.33. The fourth-order valence-corrected chi connectivity index (χ4v) is 5.12. The molecule has 0 amide bonds. The molecule has 0 N–H and O–H groups in total. The molecule has 1 atom stereocenters. The third-order valence-corrected chi connectivity index (χ3v) is 7.21. The number of halogens is 4. The number of benzene rings is 2. The molecule has 11 heteroatoms. The Hall–Kier alpha value is -2.43. The lowest BCUT2D eigenvalue weighted by molar-refractivity contribution is -0.137. The second kappa shape index (κ2) is 8.25. The molecule has 6 nitrogen and oxygen atoms in total. The summed E-state index contributed by atoms with van der Waals surface area (Å²) in [6, 6.07) is 10.6. The summed E-state index contributed by atoms with van der Waals surface area (Å²) in [6.45, 7) is 0.477. The standard InChI is InChI=1S/C20H17ClF3N3O3S/c21-16-6-8-17(9-7-16)31(28,29)27-10-2-4-14(12-27)19-25-18(26-30-19)13-3-1-5-15(11-13)20(22,23)24/h1,3,5-9,11,14H,2,4,10,12H2. The predicted octanol–water partition coefficient (Wildman–Crippen LogP) is 4.98. The Labute approximate surface area is 181 Å². The van der Waals surface area contributed by atoms with E-state index >= 15 is 0 Å². The predicted molar refractivity (Wildman–Crippen MR) is 107 cm³/mol. The monoisotopic (exact) mass is 471 g/mol. The highest BCUT2D eigenvalue weighted by Gasteiger charge is 2.34. The Morgan fingerprint density at radius 3 is 2.58 bits per heavy atom. The molecular weight excluding hydrogens is 455 g/mol. The van der Waals surface area contributed by atoms with E-state index in [1.54, 1.807) is 0 Å². The summed E-state index contributed by atoms with van der Waals surface area (Å²) in [5.41, 5.74) is -0.638. The van der Waals surface area contributed by atoms with Gasteiger partial charge in [0.15, 0.2) is 0 Å². The van der Waals surface area contributed by atoms with Gasteiger partial charge < -0.3 is 4.52 Å². The van der Waals surface area contributed by atoms with E-state index in [-0.39, 0.29) is 34.6 Å². The van der Waals surface area contributed by atoms with Crippen molar-refractivity contribution in [3.05, 3.63) is 65.0 Å². The Balaban J connectivity index is 1.55. The van der Waals surface area contributed by atoms with Crippen LogP contribution >= 0.6 is 11.6 Å². The Morgan fingerprint density at radius 2 is 1.87 bits per heavy atom. The van der Waals surface area contributed by atoms with Crippen LogP contribution in [0.2, 0.25) is 5.02 Å². The van der Waals surface area contributed by atoms with Crippen LogP contribution in [0.5, 0.6) is 0 Å². The molecule has 0 saturated carbocycles. The Bertz CT molecular complexity index is 1180. The molecule has 1 fully saturated rings. The van der Waals surface area contributed by atoms with Crippen molar-refractivity contribution >= 4 is 21.6 Å². The van der Waals surface area contributed by atoms with Gasteiger partial charge in [0.05, 0.1) is 16.4 Å². The molecule has 0 bridgehead atoms. The van der Waals surface area contributed by atoms with Gasteiger partial charge in [-0.2, -0.15) is 22.5 Å². The van der Waals surface area contributed by atoms with Crippen LogP contribution in [0, 0.1) is 0 Å². The lowest BCUT2D eigenvalue weighted by Gasteiger charge is -2.30. The van der Waals surface area contributed by atoms with E-state index in [0.717, 1.165) is 12.1 Å². The second-order valence-corrected chi connectivity index (χ2v) is 9.57. The zero-order valence-corrected chi connectivity index (χ0v) is 17.6. The van der Waals surface area contributed by atoms with Gasteiger partial charge in [0.2, 0.25) is 21.7 Å². The van der Waals surface area contributed by atoms with Crippen LogP contribution in [-0.4, -0.2) is 36.0 Å². The van der Waals surface area contributed by atoms with E-state index < -0.39 is 21.8 Å². The minimum Gasteiger partial charge on any atom is -0.339 e. The average Bonchev–Trinajstić information content (AvgIpc) is 3.24. The van der Waals surface area contributed by atoms with Crippen molar-refractivity contribution in [1.29, 1.82) is 0 Å². The van der Waals surface area contributed by atoms with Crippen LogP contribution in [0.15, 0.2) is 57.9 Å². The van der Waals surface area contributed by atoms with E-state index in [4.69, 9.17) is 16.1 Å². The van der Waals surface area contributed by atoms with Crippen LogP contribution < -0.4 is 0 Å². The maximum atomic E-state index is 13.0. The number of nitrogens with zero attached hydrogens (tertiary/aromatic N) is 3. The van der Waals surface area contributed by atoms with Gasteiger partial charge >= 0.3 is 6.18 Å². The van der Waals surface area contributed by atoms with Crippen molar-refractivity contribution in [3.63, 3.8) is 0 Å². The van der Waals surface area contributed by atoms with Gasteiger partial charge in [-0.15, -0.1) is 0 Å². The molecular formula is C20H17ClF3N3O3S. The van der Waals surface area contributed by atoms with Gasteiger partial charge in [0.25, 0.3) is 0 Å². The quantitative estimate of drug-likeness (QED) is 0.536. The molecule has 0 aliphatic carbocycles. The molecule has 2 aromatic carbocycles. The number of piperidine rings is 1. The zero-order chi connectivity index (χ0) is 22.2. The number of sulfonamides is 1. The Morgan fingerprint density at radius 1 is 1.13 bits per heavy atom. The van der Waals surface area contributed by atoms with E-state index in [1.165, 1.54) is 40.7 Å². The number of rotatable bonds is 4. The van der Waals surface area contributed by atoms with Gasteiger partial charge in [-0.05, 0) is 49.2 Å². The fourth-order valence-electron chi connectivity index (χ4n) is 3.47. The lowest BCUT2D eigenvalue weighted by Crippen LogP contribution is -2.39. The maximum absolute atomic E-state index is 13.0. The maximum Gasteiger partial charge on any atom is 0.416 e. The van der Waals surface area contributed by atoms with Crippen LogP contribution in [0.4, 0.5) is 13.2 Å². The Kier molecular flexibility index (Phi) is 5.80. The molecule has 0 radical (unpaired) electrons. The van der Waals surface area contributed by atoms with Crippen LogP contribution in [0.25, 0.3) is 11.4 Å². The summed E-state index contributed by atoms with van der Waals surface area (Å²) < 4.78 is 71.4. The van der Waals surface area contributed by atoms with Crippen molar-refractivity contribution in [3.8, 4) is 11.4 Å². The van der Waals surface area contributed by atoms with E-state index in [2.05, 4.69) is 10.1 Å². The number of hydrogen-bond acceptors (Lipinski definition) is 5. The number of aromatic nitrogens is 2. The van der Waals surface area contributed by atoms with Gasteiger partial charge in [-0.3, -0.25) is 0 Å². The third-order valence-electron chi connectivity index (χ3n) is 5.07. The topological polar surface area (TPSA) is 76.3 Å². The highest BCUT2D eigenvalue weighted by molar-refractivity contribution is 7.89. The average molecular weight is 472 g/mol. The second-order valence-electron chi connectivity index (χ2n) is 7.19. The molecule has 1 aliphatic rings. The molecule has 1 saturated heterocycles. The van der Waals surface area contributed by atoms with Crippen LogP contribution in [0.3, 0.4) is 0 Å². The summed E-state index contributed by atoms with van der Waals surface area (Å²) in [7, 11) is -3.73. The molecule has 31 heavy (non-hydrogen) atoms. The van der Waals surface area contributed by atoms with Gasteiger partial charge in [0.1, 0.15) is 0 Å². The van der Waals surface area contributed by atoms with E-state index in [1.807, 2.05) is 0 Å². The van der Waals surface area contributed by atoms with Crippen molar-refractivity contribution in [2.24, 2.45) is 0 Å². The molecule has 164 valence electrons. The smallest absolute Gasteiger partial charge is 0.339 e. The molecule has 1 aromatic heterocycles. The fraction of sp³-hybridized carbons (Fsp3) is 0.300. The first-order valence-corrected chi connectivity index (χ1v) is 11.2. The van der Waals surface area contributed by atoms with Gasteiger partial charge in [0, 0.05) is 23.7 Å². The summed E-state index contributed by atoms with van der Waals surface area (Å²) in [5, 5.41) is 4.24. The molecule has 1 unspecified atom stereocenters. The SMILES string of the molecule is O=S(=O)(c1ccc(Cl)cc1)N1CCCC(c2nc(-c3cccc(C(F)(F)F)c3)no2)C1. The van der Waals surface area contributed by atoms with Crippen LogP contribution in [-0.2, 0) is 16.2 Å². The minimum absolute atomic E-state index is 0.0266. The largest absolute Gasteiger partial charge is 0.416 e. The van der Waals surface area contributed by atoms with Crippen molar-refractivity contribution in [1.82, 2.24) is 14.4 Å². The molecule has 3 aromatic rings. The first-order valence-electron chi connectivity index (χ1n) is 9.41. The van der Waals surface area contributed by atoms with Crippen molar-refractivity contribution in [2.45, 2.75) is 29.8 Å². The summed E-state index contributed by atoms with van der Waals surface area (Å²) >= 11 is 5.84. The third kappa shape index (κ3) is 4.60. The molecule has 4 rings (SSSR count). The van der Waals surface area contributed by atoms with Gasteiger partial charge in [-0.25, -0.2) is 8.42 Å². The number of alkyl halides is 3. The molecule has 2 heterocycles. The van der Waals surface area contributed by atoms with Crippen molar-refractivity contribution in [2.75, 3.05) is 13.1 Å².